The summed E-state index contributed by atoms with van der Waals surface area (Å²) in [7, 11) is 4.25. The van der Waals surface area contributed by atoms with Crippen molar-refractivity contribution >= 4 is 17.3 Å². The molecule has 0 spiro atoms. The molecule has 1 aliphatic heterocycles. The number of nitrogens with two attached hydrogens (primary N) is 2. The predicted octanol–water partition coefficient (Wildman–Crippen LogP) is 0.0254. The first-order valence-corrected chi connectivity index (χ1v) is 6.79. The van der Waals surface area contributed by atoms with Crippen LogP contribution in [0.15, 0.2) is 18.2 Å². The van der Waals surface area contributed by atoms with Gasteiger partial charge in [-0.15, -0.1) is 0 Å². The predicted molar refractivity (Wildman–Crippen MR) is 81.8 cm³/mol. The molecule has 1 heterocycles. The zero-order valence-corrected chi connectivity index (χ0v) is 12.1. The molecular weight excluding hydrogens is 254 g/mol. The number of piperazine rings is 1. The molecule has 1 unspecified atom stereocenters. The first-order chi connectivity index (χ1) is 9.47. The molecule has 6 nitrogen and oxygen atoms in total. The second-order valence-corrected chi connectivity index (χ2v) is 5.45. The molecule has 2 rings (SSSR count). The summed E-state index contributed by atoms with van der Waals surface area (Å²) in [6.45, 7) is 3.91. The number of benzene rings is 1. The molecule has 1 amide bonds. The number of nitrogens with one attached hydrogen (secondary N) is 1. The van der Waals surface area contributed by atoms with Crippen LogP contribution in [0.2, 0.25) is 0 Å². The molecule has 1 aromatic carbocycles. The number of carbonyl (C=O) groups excluding carboxylic acids is 1. The van der Waals surface area contributed by atoms with Crippen molar-refractivity contribution in [2.45, 2.75) is 6.04 Å². The van der Waals surface area contributed by atoms with Crippen LogP contribution in [0.3, 0.4) is 0 Å². The van der Waals surface area contributed by atoms with Crippen molar-refractivity contribution in [3.63, 3.8) is 0 Å². The average Bonchev–Trinajstić information content (AvgIpc) is 2.40. The fourth-order valence-corrected chi connectivity index (χ4v) is 2.47. The summed E-state index contributed by atoms with van der Waals surface area (Å²) in [4.78, 5) is 16.1. The third kappa shape index (κ3) is 3.40. The van der Waals surface area contributed by atoms with Crippen molar-refractivity contribution in [3.8, 4) is 0 Å². The molecule has 5 N–H and O–H groups in total. The number of rotatable bonds is 4. The van der Waals surface area contributed by atoms with Gasteiger partial charge in [0.1, 0.15) is 0 Å². The Hall–Kier alpha value is -1.79. The van der Waals surface area contributed by atoms with Crippen LogP contribution in [0.4, 0.5) is 11.4 Å². The molecule has 0 radical (unpaired) electrons. The van der Waals surface area contributed by atoms with Crippen LogP contribution < -0.4 is 16.8 Å². The maximum atomic E-state index is 11.4. The quantitative estimate of drug-likeness (QED) is 0.676. The van der Waals surface area contributed by atoms with Crippen LogP contribution in [0.25, 0.3) is 0 Å². The van der Waals surface area contributed by atoms with Crippen molar-refractivity contribution < 1.29 is 4.79 Å². The minimum Gasteiger partial charge on any atom is -0.399 e. The van der Waals surface area contributed by atoms with Gasteiger partial charge in [-0.05, 0) is 32.3 Å². The highest BCUT2D eigenvalue weighted by Gasteiger charge is 2.22. The molecule has 1 aliphatic rings. The Morgan fingerprint density at radius 1 is 1.40 bits per heavy atom. The smallest absolute Gasteiger partial charge is 0.250 e. The second-order valence-electron chi connectivity index (χ2n) is 5.45. The lowest BCUT2D eigenvalue weighted by Gasteiger charge is -2.38. The van der Waals surface area contributed by atoms with Gasteiger partial charge in [0, 0.05) is 43.6 Å². The lowest BCUT2D eigenvalue weighted by atomic mass is 10.1. The van der Waals surface area contributed by atoms with Gasteiger partial charge in [0.15, 0.2) is 0 Å². The molecule has 0 aromatic heterocycles. The molecule has 20 heavy (non-hydrogen) atoms. The Bertz CT molecular complexity index is 490. The van der Waals surface area contributed by atoms with Crippen LogP contribution in [-0.4, -0.2) is 62.0 Å². The number of carbonyl (C=O) groups is 1. The molecule has 6 heteroatoms. The van der Waals surface area contributed by atoms with E-state index in [9.17, 15) is 4.79 Å². The van der Waals surface area contributed by atoms with E-state index in [0.29, 0.717) is 17.3 Å². The minimum absolute atomic E-state index is 0.409. The number of anilines is 2. The largest absolute Gasteiger partial charge is 0.399 e. The van der Waals surface area contributed by atoms with Gasteiger partial charge in [0.2, 0.25) is 0 Å². The molecule has 1 aromatic rings. The fourth-order valence-electron chi connectivity index (χ4n) is 2.47. The van der Waals surface area contributed by atoms with E-state index in [4.69, 9.17) is 11.5 Å². The van der Waals surface area contributed by atoms with Gasteiger partial charge in [-0.2, -0.15) is 0 Å². The lowest BCUT2D eigenvalue weighted by molar-refractivity contribution is 0.100. The first-order valence-electron chi connectivity index (χ1n) is 6.79. The number of primary amides is 1. The Balaban J connectivity index is 2.05. The van der Waals surface area contributed by atoms with E-state index in [0.717, 1.165) is 31.9 Å². The molecule has 110 valence electrons. The van der Waals surface area contributed by atoms with E-state index in [1.54, 1.807) is 12.1 Å². The maximum absolute atomic E-state index is 11.4. The fraction of sp³-hybridized carbons (Fsp3) is 0.500. The van der Waals surface area contributed by atoms with Crippen LogP contribution in [-0.2, 0) is 0 Å². The number of likely N-dealkylation sites (N-methyl/N-ethyl adjacent to an activating group) is 2. The standard InChI is InChI=1S/C14H23N5O/c1-18-5-6-19(2)11(9-18)8-17-13-4-3-10(15)7-12(13)14(16)20/h3-4,7,11,17H,5-6,8-9,15H2,1-2H3,(H2,16,20). The Morgan fingerprint density at radius 3 is 2.85 bits per heavy atom. The summed E-state index contributed by atoms with van der Waals surface area (Å²) in [5, 5.41) is 3.32. The summed E-state index contributed by atoms with van der Waals surface area (Å²) in [6.07, 6.45) is 0. The van der Waals surface area contributed by atoms with Crippen LogP contribution in [0.5, 0.6) is 0 Å². The number of nitrogen functional groups attached to an aromatic ring is 1. The molecule has 0 bridgehead atoms. The molecule has 0 aliphatic carbocycles. The SMILES string of the molecule is CN1CCN(C)C(CNc2ccc(N)cc2C(N)=O)C1. The maximum Gasteiger partial charge on any atom is 0.250 e. The lowest BCUT2D eigenvalue weighted by Crippen LogP contribution is -2.52. The first kappa shape index (κ1) is 14.6. The number of hydrogen-bond donors (Lipinski definition) is 3. The second kappa shape index (κ2) is 6.11. The average molecular weight is 277 g/mol. The van der Waals surface area contributed by atoms with Gasteiger partial charge in [0.05, 0.1) is 5.56 Å². The molecule has 1 fully saturated rings. The summed E-state index contributed by atoms with van der Waals surface area (Å²) in [5.41, 5.74) is 12.8. The third-order valence-corrected chi connectivity index (χ3v) is 3.82. The van der Waals surface area contributed by atoms with Crippen LogP contribution >= 0.6 is 0 Å². The van der Waals surface area contributed by atoms with E-state index >= 15 is 0 Å². The van der Waals surface area contributed by atoms with Crippen LogP contribution in [0.1, 0.15) is 10.4 Å². The van der Waals surface area contributed by atoms with E-state index < -0.39 is 5.91 Å². The zero-order chi connectivity index (χ0) is 14.7. The highest BCUT2D eigenvalue weighted by molar-refractivity contribution is 5.99. The van der Waals surface area contributed by atoms with Gasteiger partial charge >= 0.3 is 0 Å². The monoisotopic (exact) mass is 277 g/mol. The van der Waals surface area contributed by atoms with Gasteiger partial charge in [-0.25, -0.2) is 0 Å². The number of hydrogen-bond acceptors (Lipinski definition) is 5. The van der Waals surface area contributed by atoms with Crippen molar-refractivity contribution in [2.24, 2.45) is 5.73 Å². The van der Waals surface area contributed by atoms with Crippen molar-refractivity contribution in [3.05, 3.63) is 23.8 Å². The van der Waals surface area contributed by atoms with E-state index in [-0.39, 0.29) is 0 Å². The molecular formula is C14H23N5O. The normalized spacial score (nSPS) is 20.8. The van der Waals surface area contributed by atoms with Gasteiger partial charge in [0.25, 0.3) is 5.91 Å². The van der Waals surface area contributed by atoms with Crippen molar-refractivity contribution in [2.75, 3.05) is 51.3 Å². The van der Waals surface area contributed by atoms with Crippen molar-refractivity contribution in [1.29, 1.82) is 0 Å². The third-order valence-electron chi connectivity index (χ3n) is 3.82. The highest BCUT2D eigenvalue weighted by atomic mass is 16.1. The summed E-state index contributed by atoms with van der Waals surface area (Å²) >= 11 is 0. The topological polar surface area (TPSA) is 87.6 Å². The van der Waals surface area contributed by atoms with E-state index in [2.05, 4.69) is 29.2 Å². The Labute approximate surface area is 119 Å². The number of nitrogens with zero attached hydrogens (tertiary/aromatic N) is 2. The molecule has 1 atom stereocenters. The summed E-state index contributed by atoms with van der Waals surface area (Å²) < 4.78 is 0. The van der Waals surface area contributed by atoms with E-state index in [1.807, 2.05) is 6.07 Å². The van der Waals surface area contributed by atoms with Gasteiger partial charge in [-0.3, -0.25) is 9.69 Å². The van der Waals surface area contributed by atoms with Crippen LogP contribution in [0, 0.1) is 0 Å². The Morgan fingerprint density at radius 2 is 2.15 bits per heavy atom. The Kier molecular flexibility index (Phi) is 4.46. The van der Waals surface area contributed by atoms with Gasteiger partial charge in [-0.1, -0.05) is 0 Å². The molecule has 0 saturated carbocycles. The van der Waals surface area contributed by atoms with Crippen molar-refractivity contribution in [1.82, 2.24) is 9.80 Å². The number of amides is 1. The highest BCUT2D eigenvalue weighted by Crippen LogP contribution is 2.19. The minimum atomic E-state index is -0.464. The summed E-state index contributed by atoms with van der Waals surface area (Å²) in [6, 6.07) is 5.60. The molecule has 1 saturated heterocycles. The van der Waals surface area contributed by atoms with E-state index in [1.165, 1.54) is 0 Å². The zero-order valence-electron chi connectivity index (χ0n) is 12.1. The summed E-state index contributed by atoms with van der Waals surface area (Å²) in [5.74, 6) is -0.464. The van der Waals surface area contributed by atoms with Gasteiger partial charge < -0.3 is 21.7 Å².